The van der Waals surface area contributed by atoms with Gasteiger partial charge < -0.3 is 19.3 Å². The van der Waals surface area contributed by atoms with Gasteiger partial charge in [0.25, 0.3) is 0 Å². The van der Waals surface area contributed by atoms with Crippen molar-refractivity contribution in [2.75, 3.05) is 31.6 Å². The van der Waals surface area contributed by atoms with Gasteiger partial charge in [-0.1, -0.05) is 30.3 Å². The van der Waals surface area contributed by atoms with Crippen LogP contribution in [-0.4, -0.2) is 43.3 Å². The molecule has 2 aliphatic rings. The number of likely N-dealkylation sites (tertiary alicyclic amines) is 1. The number of amides is 1. The summed E-state index contributed by atoms with van der Waals surface area (Å²) in [6, 6.07) is 16.9. The molecule has 1 atom stereocenters. The first-order valence-corrected chi connectivity index (χ1v) is 10.7. The van der Waals surface area contributed by atoms with Gasteiger partial charge in [-0.25, -0.2) is 4.79 Å². The quantitative estimate of drug-likeness (QED) is 0.718. The van der Waals surface area contributed by atoms with E-state index in [-0.39, 0.29) is 11.5 Å². The van der Waals surface area contributed by atoms with Crippen molar-refractivity contribution in [1.82, 2.24) is 4.90 Å². The lowest BCUT2D eigenvalue weighted by Gasteiger charge is -2.41. The second-order valence-electron chi connectivity index (χ2n) is 9.51. The van der Waals surface area contributed by atoms with E-state index in [2.05, 4.69) is 41.3 Å². The smallest absolute Gasteiger partial charge is 0.410 e. The zero-order valence-corrected chi connectivity index (χ0v) is 18.5. The summed E-state index contributed by atoms with van der Waals surface area (Å²) in [5, 5.41) is 0. The summed E-state index contributed by atoms with van der Waals surface area (Å²) in [7, 11) is 1.69. The van der Waals surface area contributed by atoms with Crippen molar-refractivity contribution in [2.45, 2.75) is 51.2 Å². The number of anilines is 1. The van der Waals surface area contributed by atoms with Crippen LogP contribution in [0.4, 0.5) is 10.5 Å². The minimum absolute atomic E-state index is 0.0434. The number of carbonyl (C=O) groups is 1. The fourth-order valence-corrected chi connectivity index (χ4v) is 4.79. The van der Waals surface area contributed by atoms with Gasteiger partial charge in [-0.15, -0.1) is 0 Å². The van der Waals surface area contributed by atoms with Gasteiger partial charge in [0.1, 0.15) is 11.4 Å². The zero-order chi connectivity index (χ0) is 21.4. The average Bonchev–Trinajstić information content (AvgIpc) is 3.00. The molecule has 30 heavy (non-hydrogen) atoms. The van der Waals surface area contributed by atoms with Gasteiger partial charge in [0, 0.05) is 37.3 Å². The van der Waals surface area contributed by atoms with Crippen molar-refractivity contribution in [2.24, 2.45) is 0 Å². The maximum Gasteiger partial charge on any atom is 0.410 e. The normalized spacial score (nSPS) is 20.9. The van der Waals surface area contributed by atoms with E-state index in [1.54, 1.807) is 7.11 Å². The topological polar surface area (TPSA) is 42.0 Å². The number of benzene rings is 2. The van der Waals surface area contributed by atoms with Crippen LogP contribution in [0, 0.1) is 0 Å². The molecule has 5 nitrogen and oxygen atoms in total. The lowest BCUT2D eigenvalue weighted by Crippen LogP contribution is -2.51. The molecule has 2 heterocycles. The maximum absolute atomic E-state index is 12.8. The summed E-state index contributed by atoms with van der Waals surface area (Å²) in [5.74, 6) is 0.873. The fraction of sp³-hybridized carbons (Fsp3) is 0.480. The van der Waals surface area contributed by atoms with E-state index in [0.717, 1.165) is 38.2 Å². The van der Waals surface area contributed by atoms with Crippen LogP contribution in [0.3, 0.4) is 0 Å². The molecule has 0 N–H and O–H groups in total. The summed E-state index contributed by atoms with van der Waals surface area (Å²) in [5.41, 5.74) is 3.36. The first-order valence-electron chi connectivity index (χ1n) is 10.7. The molecular weight excluding hydrogens is 376 g/mol. The SMILES string of the molecule is COc1ccc(CN2CC3(CCCN(C(=O)OC(C)(C)C)C3)c3ccccc32)cc1. The van der Waals surface area contributed by atoms with Crippen LogP contribution in [0.2, 0.25) is 0 Å². The Morgan fingerprint density at radius 3 is 2.50 bits per heavy atom. The molecule has 2 aromatic carbocycles. The highest BCUT2D eigenvalue weighted by Gasteiger charge is 2.46. The van der Waals surface area contributed by atoms with Gasteiger partial charge in [-0.3, -0.25) is 0 Å². The van der Waals surface area contributed by atoms with Crippen LogP contribution >= 0.6 is 0 Å². The molecule has 1 saturated heterocycles. The summed E-state index contributed by atoms with van der Waals surface area (Å²) in [4.78, 5) is 17.1. The number of nitrogens with zero attached hydrogens (tertiary/aromatic N) is 2. The van der Waals surface area contributed by atoms with Crippen molar-refractivity contribution >= 4 is 11.8 Å². The van der Waals surface area contributed by atoms with Crippen molar-refractivity contribution in [1.29, 1.82) is 0 Å². The Hall–Kier alpha value is -2.69. The predicted octanol–water partition coefficient (Wildman–Crippen LogP) is 4.98. The third kappa shape index (κ3) is 4.11. The minimum Gasteiger partial charge on any atom is -0.497 e. The van der Waals surface area contributed by atoms with Crippen LogP contribution in [-0.2, 0) is 16.7 Å². The highest BCUT2D eigenvalue weighted by Crippen LogP contribution is 2.46. The Kier molecular flexibility index (Phi) is 5.39. The van der Waals surface area contributed by atoms with E-state index < -0.39 is 5.60 Å². The third-order valence-corrected chi connectivity index (χ3v) is 6.07. The molecule has 1 amide bonds. The highest BCUT2D eigenvalue weighted by molar-refractivity contribution is 5.70. The number of hydrogen-bond acceptors (Lipinski definition) is 4. The first kappa shape index (κ1) is 20.6. The van der Waals surface area contributed by atoms with E-state index in [0.29, 0.717) is 6.54 Å². The maximum atomic E-state index is 12.8. The lowest BCUT2D eigenvalue weighted by molar-refractivity contribution is 0.0144. The number of fused-ring (bicyclic) bond motifs is 2. The molecule has 0 aromatic heterocycles. The summed E-state index contributed by atoms with van der Waals surface area (Å²) < 4.78 is 11.0. The molecule has 160 valence electrons. The van der Waals surface area contributed by atoms with Crippen molar-refractivity contribution in [3.63, 3.8) is 0 Å². The number of hydrogen-bond donors (Lipinski definition) is 0. The summed E-state index contributed by atoms with van der Waals surface area (Å²) in [6.45, 7) is 8.99. The molecule has 2 aromatic rings. The Labute approximate surface area is 179 Å². The molecule has 5 heteroatoms. The van der Waals surface area contributed by atoms with E-state index in [1.807, 2.05) is 37.8 Å². The predicted molar refractivity (Wildman–Crippen MR) is 119 cm³/mol. The van der Waals surface area contributed by atoms with Crippen LogP contribution in [0.15, 0.2) is 48.5 Å². The zero-order valence-electron chi connectivity index (χ0n) is 18.5. The molecular formula is C25H32N2O3. The monoisotopic (exact) mass is 408 g/mol. The number of piperidine rings is 1. The summed E-state index contributed by atoms with van der Waals surface area (Å²) in [6.07, 6.45) is 1.87. The third-order valence-electron chi connectivity index (χ3n) is 6.07. The molecule has 1 fully saturated rings. The van der Waals surface area contributed by atoms with Gasteiger partial charge in [-0.05, 0) is 62.9 Å². The second kappa shape index (κ2) is 7.86. The Bertz CT molecular complexity index is 903. The molecule has 0 radical (unpaired) electrons. The molecule has 1 unspecified atom stereocenters. The molecule has 4 rings (SSSR count). The average molecular weight is 409 g/mol. The van der Waals surface area contributed by atoms with E-state index in [1.165, 1.54) is 16.8 Å². The Balaban J connectivity index is 1.57. The highest BCUT2D eigenvalue weighted by atomic mass is 16.6. The number of carbonyl (C=O) groups excluding carboxylic acids is 1. The largest absolute Gasteiger partial charge is 0.497 e. The van der Waals surface area contributed by atoms with Crippen molar-refractivity contribution in [3.8, 4) is 5.75 Å². The summed E-state index contributed by atoms with van der Waals surface area (Å²) >= 11 is 0. The molecule has 2 aliphatic heterocycles. The number of rotatable bonds is 3. The van der Waals surface area contributed by atoms with Crippen LogP contribution in [0.5, 0.6) is 5.75 Å². The molecule has 1 spiro atoms. The van der Waals surface area contributed by atoms with Gasteiger partial charge in [-0.2, -0.15) is 0 Å². The second-order valence-corrected chi connectivity index (χ2v) is 9.51. The standard InChI is InChI=1S/C25H32N2O3/c1-24(2,3)30-23(28)26-15-7-14-25(17-26)18-27(22-9-6-5-8-21(22)25)16-19-10-12-20(29-4)13-11-19/h5-6,8-13H,7,14-18H2,1-4H3. The fourth-order valence-electron chi connectivity index (χ4n) is 4.79. The Morgan fingerprint density at radius 1 is 1.07 bits per heavy atom. The van der Waals surface area contributed by atoms with Gasteiger partial charge in [0.15, 0.2) is 0 Å². The van der Waals surface area contributed by atoms with Gasteiger partial charge in [0.2, 0.25) is 0 Å². The van der Waals surface area contributed by atoms with Gasteiger partial charge in [0.05, 0.1) is 7.11 Å². The van der Waals surface area contributed by atoms with Gasteiger partial charge >= 0.3 is 6.09 Å². The number of para-hydroxylation sites is 1. The molecule has 0 saturated carbocycles. The van der Waals surface area contributed by atoms with E-state index in [9.17, 15) is 4.79 Å². The minimum atomic E-state index is -0.477. The van der Waals surface area contributed by atoms with Crippen molar-refractivity contribution < 1.29 is 14.3 Å². The van der Waals surface area contributed by atoms with Crippen LogP contribution < -0.4 is 9.64 Å². The molecule has 0 bridgehead atoms. The lowest BCUT2D eigenvalue weighted by atomic mass is 9.75. The molecule has 0 aliphatic carbocycles. The first-order chi connectivity index (χ1) is 14.3. The van der Waals surface area contributed by atoms with Crippen molar-refractivity contribution in [3.05, 3.63) is 59.7 Å². The van der Waals surface area contributed by atoms with Crippen LogP contribution in [0.1, 0.15) is 44.7 Å². The van der Waals surface area contributed by atoms with Crippen LogP contribution in [0.25, 0.3) is 0 Å². The number of methoxy groups -OCH3 is 1. The van der Waals surface area contributed by atoms with E-state index in [4.69, 9.17) is 9.47 Å². The van der Waals surface area contributed by atoms with E-state index >= 15 is 0 Å². The number of ether oxygens (including phenoxy) is 2. The Morgan fingerprint density at radius 2 is 1.80 bits per heavy atom.